The summed E-state index contributed by atoms with van der Waals surface area (Å²) < 4.78 is 5.24. The molecule has 0 saturated heterocycles. The molecule has 0 saturated carbocycles. The van der Waals surface area contributed by atoms with Gasteiger partial charge in [0.1, 0.15) is 0 Å². The Hall–Kier alpha value is 0.270. The summed E-state index contributed by atoms with van der Waals surface area (Å²) in [6.07, 6.45) is 3.35. The molecule has 0 heterocycles. The fourth-order valence-electron chi connectivity index (χ4n) is 1.00. The van der Waals surface area contributed by atoms with E-state index in [1.165, 1.54) is 12.2 Å². The third-order valence-electron chi connectivity index (χ3n) is 1.74. The lowest BCUT2D eigenvalue weighted by Gasteiger charge is -2.15. The molecule has 2 nitrogen and oxygen atoms in total. The summed E-state index contributed by atoms with van der Waals surface area (Å²) in [5.74, 6) is 1.20. The highest BCUT2D eigenvalue weighted by atomic mass is 32.2. The Labute approximate surface area is 80.4 Å². The van der Waals surface area contributed by atoms with Crippen molar-refractivity contribution in [2.24, 2.45) is 0 Å². The van der Waals surface area contributed by atoms with Gasteiger partial charge in [0.2, 0.25) is 0 Å². The van der Waals surface area contributed by atoms with E-state index in [4.69, 9.17) is 4.74 Å². The van der Waals surface area contributed by atoms with Crippen LogP contribution in [0, 0.1) is 0 Å². The molecule has 74 valence electrons. The van der Waals surface area contributed by atoms with Gasteiger partial charge in [0.15, 0.2) is 0 Å². The Morgan fingerprint density at radius 3 is 2.67 bits per heavy atom. The Morgan fingerprint density at radius 2 is 2.17 bits per heavy atom. The van der Waals surface area contributed by atoms with E-state index in [0.29, 0.717) is 6.04 Å². The number of thioether (sulfide) groups is 1. The number of hydrogen-bond donors (Lipinski definition) is 1. The first-order valence-electron chi connectivity index (χ1n) is 4.65. The van der Waals surface area contributed by atoms with Crippen molar-refractivity contribution in [3.8, 4) is 0 Å². The van der Waals surface area contributed by atoms with E-state index in [0.717, 1.165) is 19.8 Å². The van der Waals surface area contributed by atoms with Gasteiger partial charge in [-0.05, 0) is 19.6 Å². The van der Waals surface area contributed by atoms with E-state index in [1.807, 2.05) is 18.7 Å². The number of ether oxygens (including phenoxy) is 1. The Morgan fingerprint density at radius 1 is 1.42 bits per heavy atom. The summed E-state index contributed by atoms with van der Waals surface area (Å²) in [6, 6.07) is 0.653. The van der Waals surface area contributed by atoms with Crippen LogP contribution in [0.5, 0.6) is 0 Å². The number of hydrogen-bond acceptors (Lipinski definition) is 3. The van der Waals surface area contributed by atoms with Gasteiger partial charge < -0.3 is 10.1 Å². The summed E-state index contributed by atoms with van der Waals surface area (Å²) >= 11 is 1.89. The number of rotatable bonds is 8. The minimum Gasteiger partial charge on any atom is -0.380 e. The molecular formula is C9H21NOS. The smallest absolute Gasteiger partial charge is 0.0590 e. The molecule has 0 aliphatic rings. The molecule has 0 aliphatic heterocycles. The van der Waals surface area contributed by atoms with Gasteiger partial charge in [0.05, 0.1) is 6.61 Å². The minimum absolute atomic E-state index is 0.653. The molecule has 0 radical (unpaired) electrons. The van der Waals surface area contributed by atoms with Crippen molar-refractivity contribution < 1.29 is 4.74 Å². The maximum Gasteiger partial charge on any atom is 0.0590 e. The molecule has 0 spiro atoms. The van der Waals surface area contributed by atoms with Gasteiger partial charge in [-0.15, -0.1) is 0 Å². The van der Waals surface area contributed by atoms with Crippen LogP contribution in [0.3, 0.4) is 0 Å². The first-order chi connectivity index (χ1) is 5.85. The van der Waals surface area contributed by atoms with Crippen LogP contribution in [0.15, 0.2) is 0 Å². The Balaban J connectivity index is 3.19. The van der Waals surface area contributed by atoms with Crippen LogP contribution in [0.25, 0.3) is 0 Å². The van der Waals surface area contributed by atoms with Crippen LogP contribution in [0.1, 0.15) is 20.3 Å². The second-order valence-electron chi connectivity index (χ2n) is 2.71. The van der Waals surface area contributed by atoms with Crippen LogP contribution in [0.4, 0.5) is 0 Å². The predicted molar refractivity (Wildman–Crippen MR) is 57.0 cm³/mol. The maximum atomic E-state index is 5.24. The van der Waals surface area contributed by atoms with E-state index < -0.39 is 0 Å². The molecule has 1 atom stereocenters. The quantitative estimate of drug-likeness (QED) is 0.591. The molecule has 1 N–H and O–H groups in total. The molecule has 0 bridgehead atoms. The summed E-state index contributed by atoms with van der Waals surface area (Å²) in [4.78, 5) is 0. The van der Waals surface area contributed by atoms with Crippen molar-refractivity contribution >= 4 is 11.8 Å². The van der Waals surface area contributed by atoms with Gasteiger partial charge in [0, 0.05) is 24.9 Å². The normalized spacial score (nSPS) is 13.2. The van der Waals surface area contributed by atoms with E-state index in [-0.39, 0.29) is 0 Å². The fraction of sp³-hybridized carbons (Fsp3) is 1.00. The maximum absolute atomic E-state index is 5.24. The van der Waals surface area contributed by atoms with Crippen LogP contribution >= 0.6 is 11.8 Å². The third kappa shape index (κ3) is 6.95. The van der Waals surface area contributed by atoms with Gasteiger partial charge in [-0.2, -0.15) is 11.8 Å². The summed E-state index contributed by atoms with van der Waals surface area (Å²) in [6.45, 7) is 6.88. The van der Waals surface area contributed by atoms with E-state index >= 15 is 0 Å². The Kier molecular flexibility index (Phi) is 9.57. The molecule has 1 unspecified atom stereocenters. The highest BCUT2D eigenvalue weighted by Crippen LogP contribution is 2.00. The van der Waals surface area contributed by atoms with Crippen molar-refractivity contribution in [1.82, 2.24) is 5.32 Å². The molecule has 3 heteroatoms. The Bertz CT molecular complexity index is 90.6. The SMILES string of the molecule is CCOCCNC(CC)CSC. The monoisotopic (exact) mass is 191 g/mol. The molecular weight excluding hydrogens is 170 g/mol. The molecule has 12 heavy (non-hydrogen) atoms. The zero-order valence-corrected chi connectivity index (χ0v) is 9.25. The first-order valence-corrected chi connectivity index (χ1v) is 6.04. The molecule has 0 aliphatic carbocycles. The number of nitrogens with one attached hydrogen (secondary N) is 1. The average Bonchev–Trinajstić information content (AvgIpc) is 2.10. The van der Waals surface area contributed by atoms with Crippen LogP contribution in [-0.2, 0) is 4.74 Å². The fourth-order valence-corrected chi connectivity index (χ4v) is 1.76. The van der Waals surface area contributed by atoms with Gasteiger partial charge in [0.25, 0.3) is 0 Å². The molecule has 0 amide bonds. The first kappa shape index (κ1) is 12.3. The van der Waals surface area contributed by atoms with Gasteiger partial charge in [-0.3, -0.25) is 0 Å². The van der Waals surface area contributed by atoms with Crippen molar-refractivity contribution in [2.75, 3.05) is 31.8 Å². The van der Waals surface area contributed by atoms with Crippen LogP contribution in [-0.4, -0.2) is 37.8 Å². The van der Waals surface area contributed by atoms with Gasteiger partial charge in [-0.1, -0.05) is 6.92 Å². The van der Waals surface area contributed by atoms with E-state index in [1.54, 1.807) is 0 Å². The molecule has 0 aromatic rings. The zero-order valence-electron chi connectivity index (χ0n) is 8.43. The highest BCUT2D eigenvalue weighted by molar-refractivity contribution is 7.98. The van der Waals surface area contributed by atoms with Crippen molar-refractivity contribution in [3.63, 3.8) is 0 Å². The summed E-state index contributed by atoms with van der Waals surface area (Å²) in [7, 11) is 0. The lowest BCUT2D eigenvalue weighted by molar-refractivity contribution is 0.147. The topological polar surface area (TPSA) is 21.3 Å². The van der Waals surface area contributed by atoms with E-state index in [9.17, 15) is 0 Å². The zero-order chi connectivity index (χ0) is 9.23. The second-order valence-corrected chi connectivity index (χ2v) is 3.62. The van der Waals surface area contributed by atoms with Crippen LogP contribution in [0.2, 0.25) is 0 Å². The molecule has 0 rings (SSSR count). The lowest BCUT2D eigenvalue weighted by atomic mass is 10.2. The standard InChI is InChI=1S/C9H21NOS/c1-4-9(8-12-3)10-6-7-11-5-2/h9-10H,4-8H2,1-3H3. The van der Waals surface area contributed by atoms with Gasteiger partial charge >= 0.3 is 0 Å². The molecule has 0 fully saturated rings. The van der Waals surface area contributed by atoms with Crippen molar-refractivity contribution in [1.29, 1.82) is 0 Å². The second kappa shape index (κ2) is 9.36. The molecule has 0 aromatic heterocycles. The summed E-state index contributed by atoms with van der Waals surface area (Å²) in [5.41, 5.74) is 0. The van der Waals surface area contributed by atoms with Crippen molar-refractivity contribution in [3.05, 3.63) is 0 Å². The molecule has 0 aromatic carbocycles. The van der Waals surface area contributed by atoms with Crippen molar-refractivity contribution in [2.45, 2.75) is 26.3 Å². The average molecular weight is 191 g/mol. The van der Waals surface area contributed by atoms with E-state index in [2.05, 4.69) is 18.5 Å². The lowest BCUT2D eigenvalue weighted by Crippen LogP contribution is -2.33. The van der Waals surface area contributed by atoms with Gasteiger partial charge in [-0.25, -0.2) is 0 Å². The third-order valence-corrected chi connectivity index (χ3v) is 2.48. The minimum atomic E-state index is 0.653. The highest BCUT2D eigenvalue weighted by Gasteiger charge is 2.02. The van der Waals surface area contributed by atoms with Crippen LogP contribution < -0.4 is 5.32 Å². The summed E-state index contributed by atoms with van der Waals surface area (Å²) in [5, 5.41) is 3.46. The largest absolute Gasteiger partial charge is 0.380 e. The predicted octanol–water partition coefficient (Wildman–Crippen LogP) is 1.75.